The zero-order valence-electron chi connectivity index (χ0n) is 11.9. The second-order valence-electron chi connectivity index (χ2n) is 5.08. The number of anilines is 1. The van der Waals surface area contributed by atoms with E-state index in [1.54, 1.807) is 0 Å². The summed E-state index contributed by atoms with van der Waals surface area (Å²) in [4.78, 5) is 11.6. The monoisotopic (exact) mass is 366 g/mol. The third-order valence-corrected chi connectivity index (χ3v) is 3.47. The second kappa shape index (κ2) is 7.68. The van der Waals surface area contributed by atoms with Crippen molar-refractivity contribution in [1.29, 1.82) is 0 Å². The van der Waals surface area contributed by atoms with Gasteiger partial charge in [-0.3, -0.25) is 4.79 Å². The lowest BCUT2D eigenvalue weighted by Crippen LogP contribution is -2.31. The average molecular weight is 367 g/mol. The maximum absolute atomic E-state index is 12.6. The van der Waals surface area contributed by atoms with Gasteiger partial charge in [0.05, 0.1) is 12.1 Å². The smallest absolute Gasteiger partial charge is 0.375 e. The molecule has 7 heteroatoms. The zero-order valence-corrected chi connectivity index (χ0v) is 13.4. The predicted molar refractivity (Wildman–Crippen MR) is 80.1 cm³/mol. The van der Waals surface area contributed by atoms with Crippen LogP contribution in [0.4, 0.5) is 18.9 Å². The number of hydrogen-bond donors (Lipinski definition) is 2. The molecule has 2 N–H and O–H groups in total. The Kier molecular flexibility index (Phi) is 6.51. The van der Waals surface area contributed by atoms with E-state index in [1.165, 1.54) is 6.07 Å². The molecule has 0 atom stereocenters. The van der Waals surface area contributed by atoms with Gasteiger partial charge in [0.2, 0.25) is 5.91 Å². The summed E-state index contributed by atoms with van der Waals surface area (Å²) in [7, 11) is 0. The standard InChI is InChI=1S/C14H18BrF3N2O/c1-9(2)5-6-19-13(21)8-20-12-7-10(14(16,17)18)3-4-11(12)15/h3-4,7,9,20H,5-6,8H2,1-2H3,(H,19,21). The van der Waals surface area contributed by atoms with E-state index in [2.05, 4.69) is 26.6 Å². The van der Waals surface area contributed by atoms with E-state index in [0.717, 1.165) is 18.6 Å². The first kappa shape index (κ1) is 17.8. The lowest BCUT2D eigenvalue weighted by atomic mass is 10.1. The van der Waals surface area contributed by atoms with Crippen LogP contribution in [0.2, 0.25) is 0 Å². The molecule has 0 aliphatic heterocycles. The van der Waals surface area contributed by atoms with Crippen molar-refractivity contribution in [2.45, 2.75) is 26.4 Å². The van der Waals surface area contributed by atoms with E-state index < -0.39 is 11.7 Å². The number of amides is 1. The molecule has 0 saturated carbocycles. The van der Waals surface area contributed by atoms with E-state index in [1.807, 2.05) is 13.8 Å². The molecule has 0 aliphatic rings. The van der Waals surface area contributed by atoms with Gasteiger partial charge in [0.25, 0.3) is 0 Å². The number of halogens is 4. The zero-order chi connectivity index (χ0) is 16.0. The number of benzene rings is 1. The molecule has 21 heavy (non-hydrogen) atoms. The molecule has 0 unspecified atom stereocenters. The van der Waals surface area contributed by atoms with Gasteiger partial charge in [-0.25, -0.2) is 0 Å². The van der Waals surface area contributed by atoms with Crippen LogP contribution < -0.4 is 10.6 Å². The fraction of sp³-hybridized carbons (Fsp3) is 0.500. The summed E-state index contributed by atoms with van der Waals surface area (Å²) < 4.78 is 38.3. The van der Waals surface area contributed by atoms with Gasteiger partial charge in [-0.2, -0.15) is 13.2 Å². The first-order chi connectivity index (χ1) is 9.70. The third-order valence-electron chi connectivity index (χ3n) is 2.78. The van der Waals surface area contributed by atoms with E-state index in [9.17, 15) is 18.0 Å². The van der Waals surface area contributed by atoms with Crippen LogP contribution in [0.3, 0.4) is 0 Å². The van der Waals surface area contributed by atoms with Crippen LogP contribution in [0.1, 0.15) is 25.8 Å². The maximum atomic E-state index is 12.6. The Balaban J connectivity index is 2.57. The molecule has 1 aromatic rings. The van der Waals surface area contributed by atoms with Crippen molar-refractivity contribution in [3.05, 3.63) is 28.2 Å². The van der Waals surface area contributed by atoms with E-state index in [-0.39, 0.29) is 18.1 Å². The maximum Gasteiger partial charge on any atom is 0.416 e. The molecular weight excluding hydrogens is 349 g/mol. The summed E-state index contributed by atoms with van der Waals surface area (Å²) >= 11 is 3.16. The summed E-state index contributed by atoms with van der Waals surface area (Å²) in [6.45, 7) is 4.58. The molecular formula is C14H18BrF3N2O. The number of hydrogen-bond acceptors (Lipinski definition) is 2. The van der Waals surface area contributed by atoms with E-state index >= 15 is 0 Å². The minimum atomic E-state index is -4.41. The largest absolute Gasteiger partial charge is 0.416 e. The van der Waals surface area contributed by atoms with Crippen molar-refractivity contribution >= 4 is 27.5 Å². The summed E-state index contributed by atoms with van der Waals surface area (Å²) in [5.74, 6) is 0.232. The van der Waals surface area contributed by atoms with Gasteiger partial charge in [0, 0.05) is 16.7 Å². The van der Waals surface area contributed by atoms with Gasteiger partial charge in [0.15, 0.2) is 0 Å². The Morgan fingerprint density at radius 2 is 2.00 bits per heavy atom. The number of nitrogens with one attached hydrogen (secondary N) is 2. The quantitative estimate of drug-likeness (QED) is 0.797. The van der Waals surface area contributed by atoms with Gasteiger partial charge in [-0.1, -0.05) is 13.8 Å². The summed E-state index contributed by atoms with van der Waals surface area (Å²) in [6.07, 6.45) is -3.55. The van der Waals surface area contributed by atoms with Crippen molar-refractivity contribution in [3.63, 3.8) is 0 Å². The first-order valence-electron chi connectivity index (χ1n) is 6.57. The molecule has 0 fully saturated rings. The van der Waals surface area contributed by atoms with Crippen LogP contribution in [0.15, 0.2) is 22.7 Å². The van der Waals surface area contributed by atoms with Gasteiger partial charge in [-0.15, -0.1) is 0 Å². The molecule has 0 bridgehead atoms. The minimum absolute atomic E-state index is 0.0714. The number of carbonyl (C=O) groups excluding carboxylic acids is 1. The molecule has 1 aromatic carbocycles. The Hall–Kier alpha value is -1.24. The Labute approximate surface area is 130 Å². The second-order valence-corrected chi connectivity index (χ2v) is 5.93. The average Bonchev–Trinajstić information content (AvgIpc) is 2.36. The molecule has 0 aromatic heterocycles. The summed E-state index contributed by atoms with van der Waals surface area (Å²) in [5, 5.41) is 5.41. The normalized spacial score (nSPS) is 11.6. The predicted octanol–water partition coefficient (Wildman–Crippen LogP) is 4.04. The summed E-state index contributed by atoms with van der Waals surface area (Å²) in [5.41, 5.74) is -0.516. The molecule has 0 radical (unpaired) electrons. The van der Waals surface area contributed by atoms with Crippen LogP contribution >= 0.6 is 15.9 Å². The number of alkyl halides is 3. The molecule has 0 heterocycles. The molecule has 1 amide bonds. The highest BCUT2D eigenvalue weighted by Gasteiger charge is 2.30. The van der Waals surface area contributed by atoms with E-state index in [4.69, 9.17) is 0 Å². The SMILES string of the molecule is CC(C)CCNC(=O)CNc1cc(C(F)(F)F)ccc1Br. The van der Waals surface area contributed by atoms with Crippen molar-refractivity contribution in [2.75, 3.05) is 18.4 Å². The molecule has 1 rings (SSSR count). The molecule has 0 spiro atoms. The molecule has 3 nitrogen and oxygen atoms in total. The van der Waals surface area contributed by atoms with Crippen LogP contribution in [0.5, 0.6) is 0 Å². The van der Waals surface area contributed by atoms with Crippen molar-refractivity contribution in [1.82, 2.24) is 5.32 Å². The lowest BCUT2D eigenvalue weighted by molar-refractivity contribution is -0.137. The van der Waals surface area contributed by atoms with Gasteiger partial charge >= 0.3 is 6.18 Å². The van der Waals surface area contributed by atoms with Crippen molar-refractivity contribution < 1.29 is 18.0 Å². The number of rotatable bonds is 6. The fourth-order valence-electron chi connectivity index (χ4n) is 1.58. The van der Waals surface area contributed by atoms with Crippen LogP contribution in [0, 0.1) is 5.92 Å². The summed E-state index contributed by atoms with van der Waals surface area (Å²) in [6, 6.07) is 3.27. The third kappa shape index (κ3) is 6.37. The van der Waals surface area contributed by atoms with Gasteiger partial charge < -0.3 is 10.6 Å². The lowest BCUT2D eigenvalue weighted by Gasteiger charge is -2.13. The highest BCUT2D eigenvalue weighted by atomic mass is 79.9. The van der Waals surface area contributed by atoms with Crippen LogP contribution in [-0.4, -0.2) is 19.0 Å². The Bertz CT molecular complexity index is 490. The van der Waals surface area contributed by atoms with Gasteiger partial charge in [-0.05, 0) is 46.5 Å². The van der Waals surface area contributed by atoms with E-state index in [0.29, 0.717) is 16.9 Å². The highest BCUT2D eigenvalue weighted by Crippen LogP contribution is 2.33. The molecule has 118 valence electrons. The Morgan fingerprint density at radius 1 is 1.33 bits per heavy atom. The Morgan fingerprint density at radius 3 is 2.57 bits per heavy atom. The molecule has 0 aliphatic carbocycles. The first-order valence-corrected chi connectivity index (χ1v) is 7.36. The van der Waals surface area contributed by atoms with Gasteiger partial charge in [0.1, 0.15) is 0 Å². The van der Waals surface area contributed by atoms with Crippen LogP contribution in [-0.2, 0) is 11.0 Å². The minimum Gasteiger partial charge on any atom is -0.375 e. The highest BCUT2D eigenvalue weighted by molar-refractivity contribution is 9.10. The van der Waals surface area contributed by atoms with Crippen LogP contribution in [0.25, 0.3) is 0 Å². The number of carbonyl (C=O) groups is 1. The molecule has 0 saturated heterocycles. The fourth-order valence-corrected chi connectivity index (χ4v) is 1.96. The topological polar surface area (TPSA) is 41.1 Å². The van der Waals surface area contributed by atoms with Crippen molar-refractivity contribution in [2.24, 2.45) is 5.92 Å². The van der Waals surface area contributed by atoms with Crippen molar-refractivity contribution in [3.8, 4) is 0 Å².